The molecule has 17 heavy (non-hydrogen) atoms. The van der Waals surface area contributed by atoms with Gasteiger partial charge in [0.05, 0.1) is 0 Å². The molecule has 0 unspecified atom stereocenters. The molecular weight excluding hydrogens is 212 g/mol. The fraction of sp³-hybridized carbons (Fsp3) is 0.800. The highest BCUT2D eigenvalue weighted by molar-refractivity contribution is 5.87. The molecule has 0 spiro atoms. The Balaban J connectivity index is 2.05. The Kier molecular flexibility index (Phi) is 3.90. The summed E-state index contributed by atoms with van der Waals surface area (Å²) in [5.41, 5.74) is 0.373. The predicted octanol–water partition coefficient (Wildman–Crippen LogP) is 4.00. The first-order valence-corrected chi connectivity index (χ1v) is 7.00. The maximum absolute atomic E-state index is 11.8. The van der Waals surface area contributed by atoms with Gasteiger partial charge in [0.1, 0.15) is 5.60 Å². The van der Waals surface area contributed by atoms with E-state index in [9.17, 15) is 4.79 Å². The van der Waals surface area contributed by atoms with Crippen molar-refractivity contribution < 1.29 is 9.53 Å². The largest absolute Gasteiger partial charge is 0.456 e. The lowest BCUT2D eigenvalue weighted by Gasteiger charge is -2.39. The fourth-order valence-corrected chi connectivity index (χ4v) is 3.24. The Bertz CT molecular complexity index is 293. The second-order valence-corrected chi connectivity index (χ2v) is 5.90. The van der Waals surface area contributed by atoms with Crippen LogP contribution < -0.4 is 0 Å². The van der Waals surface area contributed by atoms with Crippen LogP contribution in [-0.4, -0.2) is 11.6 Å². The zero-order valence-corrected chi connectivity index (χ0v) is 11.0. The molecule has 0 saturated heterocycles. The number of carbonyl (C=O) groups is 1. The van der Waals surface area contributed by atoms with Gasteiger partial charge in [0.2, 0.25) is 0 Å². The van der Waals surface area contributed by atoms with Gasteiger partial charge in [0.25, 0.3) is 0 Å². The van der Waals surface area contributed by atoms with Gasteiger partial charge in [-0.05, 0) is 51.4 Å². The van der Waals surface area contributed by atoms with Gasteiger partial charge in [0.15, 0.2) is 0 Å². The molecule has 3 fully saturated rings. The van der Waals surface area contributed by atoms with Crippen molar-refractivity contribution in [3.8, 4) is 0 Å². The molecule has 0 radical (unpaired) electrons. The van der Waals surface area contributed by atoms with Crippen molar-refractivity contribution in [3.63, 3.8) is 0 Å². The first kappa shape index (κ1) is 12.7. The molecule has 2 heteroatoms. The third-order valence-electron chi connectivity index (χ3n) is 4.42. The lowest BCUT2D eigenvalue weighted by atomic mass is 9.76. The quantitative estimate of drug-likeness (QED) is 0.535. The standard InChI is InChI=1S/C15H24O2/c1-12(2)14(16)17-15-9-5-3-4-6-13(7-10-15)8-11-15/h13H,1,3-11H2,2H3. The van der Waals surface area contributed by atoms with Gasteiger partial charge in [-0.3, -0.25) is 0 Å². The fourth-order valence-electron chi connectivity index (χ4n) is 3.24. The van der Waals surface area contributed by atoms with Crippen LogP contribution in [0.15, 0.2) is 12.2 Å². The Hall–Kier alpha value is -0.790. The molecule has 0 N–H and O–H groups in total. The van der Waals surface area contributed by atoms with E-state index in [-0.39, 0.29) is 11.6 Å². The van der Waals surface area contributed by atoms with Crippen LogP contribution in [0, 0.1) is 5.92 Å². The summed E-state index contributed by atoms with van der Waals surface area (Å²) in [6.07, 6.45) is 10.9. The summed E-state index contributed by atoms with van der Waals surface area (Å²) < 4.78 is 5.78. The summed E-state index contributed by atoms with van der Waals surface area (Å²) >= 11 is 0. The van der Waals surface area contributed by atoms with Crippen molar-refractivity contribution in [3.05, 3.63) is 12.2 Å². The smallest absolute Gasteiger partial charge is 0.333 e. The SMILES string of the molecule is C=C(C)C(=O)OC12CCCCCC(CC1)CC2. The summed E-state index contributed by atoms with van der Waals surface area (Å²) in [5.74, 6) is 0.687. The first-order valence-electron chi connectivity index (χ1n) is 7.00. The minimum Gasteiger partial charge on any atom is -0.456 e. The molecule has 96 valence electrons. The summed E-state index contributed by atoms with van der Waals surface area (Å²) in [7, 11) is 0. The monoisotopic (exact) mass is 236 g/mol. The van der Waals surface area contributed by atoms with Crippen molar-refractivity contribution in [2.45, 2.75) is 70.3 Å². The molecule has 2 bridgehead atoms. The molecule has 0 amide bonds. The van der Waals surface area contributed by atoms with Gasteiger partial charge < -0.3 is 4.74 Å². The second-order valence-electron chi connectivity index (χ2n) is 5.90. The topological polar surface area (TPSA) is 26.3 Å². The molecule has 0 aromatic rings. The van der Waals surface area contributed by atoms with E-state index in [0.29, 0.717) is 5.57 Å². The molecule has 3 saturated carbocycles. The minimum absolute atomic E-state index is 0.156. The summed E-state index contributed by atoms with van der Waals surface area (Å²) in [5, 5.41) is 0. The Labute approximate surface area is 104 Å². The van der Waals surface area contributed by atoms with E-state index in [4.69, 9.17) is 4.74 Å². The minimum atomic E-state index is -0.192. The Morgan fingerprint density at radius 3 is 2.47 bits per heavy atom. The average molecular weight is 236 g/mol. The van der Waals surface area contributed by atoms with Crippen molar-refractivity contribution >= 4 is 5.97 Å². The predicted molar refractivity (Wildman–Crippen MR) is 68.7 cm³/mol. The third kappa shape index (κ3) is 3.11. The number of ether oxygens (including phenoxy) is 1. The highest BCUT2D eigenvalue weighted by Gasteiger charge is 2.38. The van der Waals surface area contributed by atoms with E-state index >= 15 is 0 Å². The summed E-state index contributed by atoms with van der Waals surface area (Å²) in [6.45, 7) is 5.42. The van der Waals surface area contributed by atoms with E-state index in [0.717, 1.165) is 25.2 Å². The van der Waals surface area contributed by atoms with Crippen LogP contribution in [-0.2, 0) is 9.53 Å². The molecule has 0 heterocycles. The van der Waals surface area contributed by atoms with Crippen LogP contribution in [0.3, 0.4) is 0 Å². The number of hydrogen-bond acceptors (Lipinski definition) is 2. The van der Waals surface area contributed by atoms with E-state index in [1.165, 1.54) is 38.5 Å². The number of fused-ring (bicyclic) bond motifs is 6. The van der Waals surface area contributed by atoms with E-state index < -0.39 is 0 Å². The van der Waals surface area contributed by atoms with Crippen LogP contribution >= 0.6 is 0 Å². The second kappa shape index (κ2) is 5.24. The number of rotatable bonds is 2. The molecule has 0 aromatic heterocycles. The molecule has 3 aliphatic rings. The normalized spacial score (nSPS) is 33.4. The highest BCUT2D eigenvalue weighted by atomic mass is 16.6. The van der Waals surface area contributed by atoms with Crippen LogP contribution in [0.2, 0.25) is 0 Å². The first-order chi connectivity index (χ1) is 8.11. The maximum atomic E-state index is 11.8. The summed E-state index contributed by atoms with van der Waals surface area (Å²) in [4.78, 5) is 11.8. The van der Waals surface area contributed by atoms with E-state index in [1.807, 2.05) is 0 Å². The van der Waals surface area contributed by atoms with Crippen LogP contribution in [0.4, 0.5) is 0 Å². The molecule has 0 aliphatic heterocycles. The van der Waals surface area contributed by atoms with Crippen molar-refractivity contribution in [1.82, 2.24) is 0 Å². The van der Waals surface area contributed by atoms with Crippen LogP contribution in [0.1, 0.15) is 64.7 Å². The van der Waals surface area contributed by atoms with Crippen molar-refractivity contribution in [2.75, 3.05) is 0 Å². The van der Waals surface area contributed by atoms with E-state index in [1.54, 1.807) is 6.92 Å². The van der Waals surface area contributed by atoms with Crippen molar-refractivity contribution in [1.29, 1.82) is 0 Å². The van der Waals surface area contributed by atoms with Gasteiger partial charge in [-0.15, -0.1) is 0 Å². The number of hydrogen-bond donors (Lipinski definition) is 0. The van der Waals surface area contributed by atoms with Gasteiger partial charge >= 0.3 is 5.97 Å². The van der Waals surface area contributed by atoms with Crippen LogP contribution in [0.5, 0.6) is 0 Å². The molecule has 0 atom stereocenters. The lowest BCUT2D eigenvalue weighted by molar-refractivity contribution is -0.160. The van der Waals surface area contributed by atoms with Gasteiger partial charge in [0, 0.05) is 5.57 Å². The molecule has 2 nitrogen and oxygen atoms in total. The number of carbonyl (C=O) groups excluding carboxylic acids is 1. The third-order valence-corrected chi connectivity index (χ3v) is 4.42. The molecule has 3 rings (SSSR count). The molecule has 3 aliphatic carbocycles. The average Bonchev–Trinajstić information content (AvgIpc) is 2.45. The molecule has 0 aromatic carbocycles. The zero-order chi connectivity index (χ0) is 12.3. The number of esters is 1. The Morgan fingerprint density at radius 2 is 1.82 bits per heavy atom. The highest BCUT2D eigenvalue weighted by Crippen LogP contribution is 2.42. The van der Waals surface area contributed by atoms with Crippen LogP contribution in [0.25, 0.3) is 0 Å². The van der Waals surface area contributed by atoms with Gasteiger partial charge in [-0.1, -0.05) is 25.8 Å². The Morgan fingerprint density at radius 1 is 1.12 bits per heavy atom. The maximum Gasteiger partial charge on any atom is 0.333 e. The van der Waals surface area contributed by atoms with E-state index in [2.05, 4.69) is 6.58 Å². The van der Waals surface area contributed by atoms with Gasteiger partial charge in [-0.2, -0.15) is 0 Å². The van der Waals surface area contributed by atoms with Crippen molar-refractivity contribution in [2.24, 2.45) is 5.92 Å². The van der Waals surface area contributed by atoms with Gasteiger partial charge in [-0.25, -0.2) is 4.79 Å². The molecular formula is C15H24O2. The summed E-state index contributed by atoms with van der Waals surface area (Å²) in [6, 6.07) is 0. The lowest BCUT2D eigenvalue weighted by Crippen LogP contribution is -2.39. The zero-order valence-electron chi connectivity index (χ0n) is 11.0.